The number of aliphatic hydroxyl groups excluding tert-OH is 1. The number of anilines is 1. The van der Waals surface area contributed by atoms with Gasteiger partial charge in [0.25, 0.3) is 0 Å². The lowest BCUT2D eigenvalue weighted by molar-refractivity contribution is 0.0461. The van der Waals surface area contributed by atoms with Crippen molar-refractivity contribution >= 4 is 23.3 Å². The highest BCUT2D eigenvalue weighted by Crippen LogP contribution is 2.40. The Hall–Kier alpha value is -2.50. The van der Waals surface area contributed by atoms with Crippen LogP contribution in [-0.4, -0.2) is 35.4 Å². The van der Waals surface area contributed by atoms with Gasteiger partial charge in [0.15, 0.2) is 0 Å². The number of rotatable bonds is 7. The second-order valence-corrected chi connectivity index (χ2v) is 10.2. The van der Waals surface area contributed by atoms with Crippen LogP contribution in [0.1, 0.15) is 66.9 Å². The lowest BCUT2D eigenvalue weighted by Crippen LogP contribution is -2.43. The van der Waals surface area contributed by atoms with Crippen molar-refractivity contribution in [2.45, 2.75) is 64.6 Å². The van der Waals surface area contributed by atoms with Crippen LogP contribution in [0.25, 0.3) is 0 Å². The number of aromatic carboxylic acids is 1. The van der Waals surface area contributed by atoms with Crippen LogP contribution in [0.5, 0.6) is 5.75 Å². The zero-order valence-electron chi connectivity index (χ0n) is 20.5. The van der Waals surface area contributed by atoms with E-state index in [0.29, 0.717) is 18.3 Å². The number of aryl methyl sites for hydroxylation is 1. The van der Waals surface area contributed by atoms with Crippen molar-refractivity contribution < 1.29 is 19.7 Å². The molecule has 2 N–H and O–H groups in total. The Morgan fingerprint density at radius 2 is 2.06 bits per heavy atom. The monoisotopic (exact) mass is 497 g/mol. The minimum atomic E-state index is -0.944. The Kier molecular flexibility index (Phi) is 8.74. The molecule has 2 aromatic rings. The number of hydrogen-bond donors (Lipinski definition) is 2. The summed E-state index contributed by atoms with van der Waals surface area (Å²) < 4.78 is 6.29. The number of aliphatic hydroxyl groups is 1. The number of hydrogen-bond acceptors (Lipinski definition) is 4. The van der Waals surface area contributed by atoms with Gasteiger partial charge < -0.3 is 19.8 Å². The van der Waals surface area contributed by atoms with Crippen molar-refractivity contribution in [2.75, 3.05) is 18.0 Å². The molecule has 0 amide bonds. The molecule has 35 heavy (non-hydrogen) atoms. The van der Waals surface area contributed by atoms with Crippen LogP contribution in [0.4, 0.5) is 5.69 Å². The zero-order chi connectivity index (χ0) is 24.8. The fourth-order valence-corrected chi connectivity index (χ4v) is 5.37. The number of carboxylic acid groups (broad SMARTS) is 1. The van der Waals surface area contributed by atoms with Gasteiger partial charge in [0, 0.05) is 18.1 Å². The topological polar surface area (TPSA) is 70.0 Å². The van der Waals surface area contributed by atoms with Gasteiger partial charge in [0.1, 0.15) is 12.4 Å². The molecular formula is C29H36ClNO4. The maximum absolute atomic E-state index is 11.8. The van der Waals surface area contributed by atoms with E-state index in [1.807, 2.05) is 24.3 Å². The molecule has 0 unspecified atom stereocenters. The predicted octanol–water partition coefficient (Wildman–Crippen LogP) is 6.50. The third kappa shape index (κ3) is 6.39. The van der Waals surface area contributed by atoms with E-state index < -0.39 is 12.1 Å². The van der Waals surface area contributed by atoms with Crippen LogP contribution in [0.2, 0.25) is 5.02 Å². The van der Waals surface area contributed by atoms with Crippen LogP contribution in [-0.2, 0) is 13.0 Å². The van der Waals surface area contributed by atoms with Gasteiger partial charge in [-0.15, -0.1) is 0 Å². The molecule has 4 rings (SSSR count). The third-order valence-corrected chi connectivity index (χ3v) is 7.62. The number of unbranched alkanes of at least 4 members (excludes halogenated alkanes) is 1. The van der Waals surface area contributed by atoms with Crippen LogP contribution in [0.3, 0.4) is 0 Å². The van der Waals surface area contributed by atoms with Crippen molar-refractivity contribution in [1.82, 2.24) is 0 Å². The summed E-state index contributed by atoms with van der Waals surface area (Å²) in [5.74, 6) is 0.343. The largest absolute Gasteiger partial charge is 0.487 e. The summed E-state index contributed by atoms with van der Waals surface area (Å²) >= 11 is 6.26. The molecule has 1 saturated carbocycles. The van der Waals surface area contributed by atoms with Gasteiger partial charge in [-0.05, 0) is 91.8 Å². The average Bonchev–Trinajstić information content (AvgIpc) is 2.85. The summed E-state index contributed by atoms with van der Waals surface area (Å²) in [6.07, 6.45) is 10.7. The Balaban J connectivity index is 1.59. The molecule has 1 heterocycles. The minimum Gasteiger partial charge on any atom is -0.487 e. The summed E-state index contributed by atoms with van der Waals surface area (Å²) in [4.78, 5) is 14.0. The molecule has 188 valence electrons. The van der Waals surface area contributed by atoms with Crippen LogP contribution in [0.15, 0.2) is 48.6 Å². The van der Waals surface area contributed by atoms with Gasteiger partial charge in [-0.3, -0.25) is 0 Å². The fraction of sp³-hybridized carbons (Fsp3) is 0.483. The first kappa shape index (κ1) is 25.6. The molecule has 1 aliphatic carbocycles. The van der Waals surface area contributed by atoms with E-state index in [-0.39, 0.29) is 11.5 Å². The summed E-state index contributed by atoms with van der Waals surface area (Å²) in [6.45, 7) is 4.13. The van der Waals surface area contributed by atoms with Crippen LogP contribution in [0, 0.1) is 11.8 Å². The molecule has 0 saturated heterocycles. The summed E-state index contributed by atoms with van der Waals surface area (Å²) in [5, 5.41) is 21.1. The summed E-state index contributed by atoms with van der Waals surface area (Å²) in [6, 6.07) is 11.1. The molecule has 0 bridgehead atoms. The second kappa shape index (κ2) is 12.0. The van der Waals surface area contributed by atoms with E-state index in [9.17, 15) is 15.0 Å². The lowest BCUT2D eigenvalue weighted by Gasteiger charge is -2.42. The molecule has 0 spiro atoms. The normalized spacial score (nSPS) is 21.3. The van der Waals surface area contributed by atoms with Crippen LogP contribution >= 0.6 is 11.6 Å². The molecule has 2 aliphatic rings. The molecule has 1 fully saturated rings. The van der Waals surface area contributed by atoms with E-state index >= 15 is 0 Å². The smallest absolute Gasteiger partial charge is 0.335 e. The first-order valence-electron chi connectivity index (χ1n) is 12.8. The summed E-state index contributed by atoms with van der Waals surface area (Å²) in [5.41, 5.74) is 3.39. The van der Waals surface area contributed by atoms with Crippen molar-refractivity contribution in [3.63, 3.8) is 0 Å². The summed E-state index contributed by atoms with van der Waals surface area (Å²) in [7, 11) is 0. The van der Waals surface area contributed by atoms with Gasteiger partial charge in [0.2, 0.25) is 0 Å². The quantitative estimate of drug-likeness (QED) is 0.427. The molecule has 5 nitrogen and oxygen atoms in total. The van der Waals surface area contributed by atoms with Gasteiger partial charge in [-0.25, -0.2) is 4.79 Å². The van der Waals surface area contributed by atoms with E-state index in [1.165, 1.54) is 5.56 Å². The number of ether oxygens (including phenoxy) is 1. The van der Waals surface area contributed by atoms with Gasteiger partial charge in [-0.2, -0.15) is 0 Å². The van der Waals surface area contributed by atoms with E-state index in [1.54, 1.807) is 18.2 Å². The van der Waals surface area contributed by atoms with Crippen molar-refractivity contribution in [2.24, 2.45) is 11.8 Å². The first-order chi connectivity index (χ1) is 17.0. The van der Waals surface area contributed by atoms with Crippen molar-refractivity contribution in [3.05, 3.63) is 70.3 Å². The predicted molar refractivity (Wildman–Crippen MR) is 141 cm³/mol. The van der Waals surface area contributed by atoms with Crippen LogP contribution < -0.4 is 9.64 Å². The molecule has 6 heteroatoms. The Morgan fingerprint density at radius 3 is 2.80 bits per heavy atom. The van der Waals surface area contributed by atoms with Gasteiger partial charge in [-0.1, -0.05) is 43.2 Å². The SMILES string of the molecule is CCC/C=C/[C@@H](O)[C@@H]1CC[C@H]1CN1CCCCc2cc(Cl)ccc2COc2ccc(C(=O)O)cc21. The van der Waals surface area contributed by atoms with Crippen molar-refractivity contribution in [1.29, 1.82) is 0 Å². The number of halogens is 1. The number of carbonyl (C=O) groups is 1. The molecule has 1 aliphatic heterocycles. The van der Waals surface area contributed by atoms with Crippen molar-refractivity contribution in [3.8, 4) is 5.75 Å². The first-order valence-corrected chi connectivity index (χ1v) is 13.2. The molecule has 2 aromatic carbocycles. The Morgan fingerprint density at radius 1 is 1.20 bits per heavy atom. The zero-order valence-corrected chi connectivity index (χ0v) is 21.2. The average molecular weight is 498 g/mol. The van der Waals surface area contributed by atoms with E-state index in [0.717, 1.165) is 74.3 Å². The highest BCUT2D eigenvalue weighted by Gasteiger charge is 2.36. The highest BCUT2D eigenvalue weighted by molar-refractivity contribution is 6.30. The highest BCUT2D eigenvalue weighted by atomic mass is 35.5. The van der Waals surface area contributed by atoms with Gasteiger partial charge >= 0.3 is 5.97 Å². The standard InChI is InChI=1S/C29H36ClNO4/c1-2-3-4-8-27(32)25-13-10-22(25)18-31-15-6-5-7-20-16-24(30)12-9-23(20)19-35-28-14-11-21(29(33)34)17-26(28)31/h4,8-9,11-12,14,16-17,22,25,27,32H,2-3,5-7,10,13,15,18-19H2,1H3,(H,33,34)/b8-4+/t22-,25+,27+/m0/s1. The number of allylic oxidation sites excluding steroid dienone is 1. The lowest BCUT2D eigenvalue weighted by atomic mass is 9.70. The Labute approximate surface area is 213 Å². The number of benzene rings is 2. The minimum absolute atomic E-state index is 0.236. The molecule has 0 radical (unpaired) electrons. The number of carboxylic acids is 1. The molecular weight excluding hydrogens is 462 g/mol. The van der Waals surface area contributed by atoms with E-state index in [4.69, 9.17) is 16.3 Å². The van der Waals surface area contributed by atoms with E-state index in [2.05, 4.69) is 17.9 Å². The maximum atomic E-state index is 11.8. The molecule has 3 atom stereocenters. The Bertz CT molecular complexity index is 1050. The number of nitrogens with zero attached hydrogens (tertiary/aromatic N) is 1. The second-order valence-electron chi connectivity index (χ2n) is 9.80. The van der Waals surface area contributed by atoms with Gasteiger partial charge in [0.05, 0.1) is 17.4 Å². The molecule has 0 aromatic heterocycles. The maximum Gasteiger partial charge on any atom is 0.335 e. The fourth-order valence-electron chi connectivity index (χ4n) is 5.17. The third-order valence-electron chi connectivity index (χ3n) is 7.38. The number of fused-ring (bicyclic) bond motifs is 2.